The van der Waals surface area contributed by atoms with Gasteiger partial charge in [0.2, 0.25) is 0 Å². The zero-order chi connectivity index (χ0) is 26.9. The molecule has 1 heterocycles. The molecule has 196 valence electrons. The normalized spacial score (nSPS) is 19.3. The molecule has 1 aliphatic carbocycles. The first-order valence-electron chi connectivity index (χ1n) is 13.3. The van der Waals surface area contributed by atoms with Crippen LogP contribution < -0.4 is 0 Å². The number of hydrogen-bond donors (Lipinski definition) is 0. The van der Waals surface area contributed by atoms with E-state index in [1.807, 2.05) is 38.1 Å². The maximum atomic E-state index is 13.0. The summed E-state index contributed by atoms with van der Waals surface area (Å²) in [4.78, 5) is 25.7. The number of esters is 2. The molecule has 5 nitrogen and oxygen atoms in total. The Morgan fingerprint density at radius 3 is 2.13 bits per heavy atom. The third kappa shape index (κ3) is 5.23. The quantitative estimate of drug-likeness (QED) is 0.232. The first-order valence-corrected chi connectivity index (χ1v) is 13.3. The zero-order valence-corrected chi connectivity index (χ0v) is 22.1. The minimum Gasteiger partial charge on any atom is -0.459 e. The van der Waals surface area contributed by atoms with Crippen LogP contribution in [0.2, 0.25) is 0 Å². The van der Waals surface area contributed by atoms with E-state index < -0.39 is 24.1 Å². The monoisotopic (exact) mass is 518 g/mol. The lowest BCUT2D eigenvalue weighted by Crippen LogP contribution is -2.32. The van der Waals surface area contributed by atoms with Crippen LogP contribution in [-0.2, 0) is 20.6 Å². The highest BCUT2D eigenvalue weighted by Gasteiger charge is 2.40. The summed E-state index contributed by atoms with van der Waals surface area (Å²) in [5.41, 5.74) is 9.23. The van der Waals surface area contributed by atoms with Crippen molar-refractivity contribution in [1.29, 1.82) is 0 Å². The van der Waals surface area contributed by atoms with Crippen LogP contribution >= 0.6 is 0 Å². The molecule has 0 N–H and O–H groups in total. The summed E-state index contributed by atoms with van der Waals surface area (Å²) in [6.07, 6.45) is -0.0480. The van der Waals surface area contributed by atoms with E-state index in [2.05, 4.69) is 42.5 Å². The van der Waals surface area contributed by atoms with Gasteiger partial charge in [-0.3, -0.25) is 0 Å². The molecule has 6 rings (SSSR count). The fourth-order valence-electron chi connectivity index (χ4n) is 5.39. The molecule has 0 unspecified atom stereocenters. The highest BCUT2D eigenvalue weighted by Crippen LogP contribution is 2.41. The minimum absolute atomic E-state index is 0.00850. The summed E-state index contributed by atoms with van der Waals surface area (Å²) in [6.45, 7) is 3.93. The SMILES string of the molecule is Cc1ccc(C(=O)OC[C@H]2O[C@H](c3ccc4c(c3)Cc3ccccc3-4)C[C@@H]2OC(=O)c2ccc(C)cc2)cc1. The number of aryl methyl sites for hydroxylation is 2. The van der Waals surface area contributed by atoms with E-state index >= 15 is 0 Å². The molecule has 3 atom stereocenters. The largest absolute Gasteiger partial charge is 0.459 e. The maximum absolute atomic E-state index is 13.0. The van der Waals surface area contributed by atoms with E-state index in [9.17, 15) is 9.59 Å². The van der Waals surface area contributed by atoms with Gasteiger partial charge in [-0.15, -0.1) is 0 Å². The van der Waals surface area contributed by atoms with Gasteiger partial charge in [0.05, 0.1) is 17.2 Å². The summed E-state index contributed by atoms with van der Waals surface area (Å²) in [6, 6.07) is 29.4. The van der Waals surface area contributed by atoms with Crippen LogP contribution in [0.25, 0.3) is 11.1 Å². The summed E-state index contributed by atoms with van der Waals surface area (Å²) in [7, 11) is 0. The molecule has 1 saturated heterocycles. The lowest BCUT2D eigenvalue weighted by Gasteiger charge is -2.19. The van der Waals surface area contributed by atoms with Crippen LogP contribution in [0.3, 0.4) is 0 Å². The second-order valence-electron chi connectivity index (χ2n) is 10.4. The van der Waals surface area contributed by atoms with Crippen LogP contribution in [0.5, 0.6) is 0 Å². The van der Waals surface area contributed by atoms with E-state index in [0.717, 1.165) is 23.1 Å². The Kier molecular flexibility index (Phi) is 6.76. The molecule has 0 radical (unpaired) electrons. The molecule has 4 aromatic carbocycles. The van der Waals surface area contributed by atoms with Gasteiger partial charge in [-0.2, -0.15) is 0 Å². The van der Waals surface area contributed by atoms with Crippen molar-refractivity contribution in [3.05, 3.63) is 130 Å². The summed E-state index contributed by atoms with van der Waals surface area (Å²) < 4.78 is 18.0. The molecule has 0 spiro atoms. The van der Waals surface area contributed by atoms with Crippen molar-refractivity contribution in [3.63, 3.8) is 0 Å². The third-order valence-electron chi connectivity index (χ3n) is 7.60. The maximum Gasteiger partial charge on any atom is 0.338 e. The predicted molar refractivity (Wildman–Crippen MR) is 149 cm³/mol. The molecule has 0 amide bonds. The van der Waals surface area contributed by atoms with Crippen molar-refractivity contribution in [3.8, 4) is 11.1 Å². The predicted octanol–water partition coefficient (Wildman–Crippen LogP) is 6.79. The smallest absolute Gasteiger partial charge is 0.338 e. The topological polar surface area (TPSA) is 61.8 Å². The number of benzene rings is 4. The van der Waals surface area contributed by atoms with Gasteiger partial charge in [0.15, 0.2) is 0 Å². The van der Waals surface area contributed by atoms with E-state index in [-0.39, 0.29) is 12.7 Å². The van der Waals surface area contributed by atoms with E-state index in [4.69, 9.17) is 14.2 Å². The van der Waals surface area contributed by atoms with Crippen LogP contribution in [-0.4, -0.2) is 30.8 Å². The van der Waals surface area contributed by atoms with Gasteiger partial charge in [0, 0.05) is 6.42 Å². The van der Waals surface area contributed by atoms with Crippen LogP contribution in [0.1, 0.15) is 61.1 Å². The molecule has 1 aliphatic heterocycles. The van der Waals surface area contributed by atoms with Gasteiger partial charge in [0.25, 0.3) is 0 Å². The average molecular weight is 519 g/mol. The number of hydrogen-bond acceptors (Lipinski definition) is 5. The first kappa shape index (κ1) is 25.1. The van der Waals surface area contributed by atoms with Gasteiger partial charge >= 0.3 is 11.9 Å². The average Bonchev–Trinajstić information content (AvgIpc) is 3.53. The zero-order valence-electron chi connectivity index (χ0n) is 22.1. The van der Waals surface area contributed by atoms with E-state index in [1.54, 1.807) is 24.3 Å². The fourth-order valence-corrected chi connectivity index (χ4v) is 5.39. The van der Waals surface area contributed by atoms with Gasteiger partial charge in [-0.05, 0) is 72.4 Å². The van der Waals surface area contributed by atoms with Gasteiger partial charge < -0.3 is 14.2 Å². The Bertz CT molecular complexity index is 1520. The Morgan fingerprint density at radius 1 is 0.769 bits per heavy atom. The van der Waals surface area contributed by atoms with Crippen molar-refractivity contribution in [2.45, 2.75) is 45.0 Å². The number of rotatable bonds is 6. The van der Waals surface area contributed by atoms with Crippen LogP contribution in [0.15, 0.2) is 91.0 Å². The van der Waals surface area contributed by atoms with Crippen molar-refractivity contribution >= 4 is 11.9 Å². The lowest BCUT2D eigenvalue weighted by molar-refractivity contribution is -0.0427. The second kappa shape index (κ2) is 10.5. The Morgan fingerprint density at radius 2 is 1.41 bits per heavy atom. The number of ether oxygens (including phenoxy) is 3. The number of carbonyl (C=O) groups excluding carboxylic acids is 2. The number of fused-ring (bicyclic) bond motifs is 3. The van der Waals surface area contributed by atoms with Gasteiger partial charge in [-0.1, -0.05) is 77.9 Å². The van der Waals surface area contributed by atoms with Crippen molar-refractivity contribution in [2.75, 3.05) is 6.61 Å². The van der Waals surface area contributed by atoms with E-state index in [0.29, 0.717) is 17.5 Å². The van der Waals surface area contributed by atoms with Crippen molar-refractivity contribution in [2.24, 2.45) is 0 Å². The first-order chi connectivity index (χ1) is 18.9. The highest BCUT2D eigenvalue weighted by molar-refractivity contribution is 5.90. The van der Waals surface area contributed by atoms with Crippen LogP contribution in [0.4, 0.5) is 0 Å². The Hall–Kier alpha value is -4.22. The fraction of sp³-hybridized carbons (Fsp3) is 0.235. The molecule has 39 heavy (non-hydrogen) atoms. The molecule has 2 aliphatic rings. The van der Waals surface area contributed by atoms with Crippen LogP contribution in [0, 0.1) is 13.8 Å². The van der Waals surface area contributed by atoms with Crippen molar-refractivity contribution < 1.29 is 23.8 Å². The molecule has 0 saturated carbocycles. The molecule has 1 fully saturated rings. The molecule has 5 heteroatoms. The number of carbonyl (C=O) groups is 2. The second-order valence-corrected chi connectivity index (χ2v) is 10.4. The summed E-state index contributed by atoms with van der Waals surface area (Å²) >= 11 is 0. The minimum atomic E-state index is -0.579. The highest BCUT2D eigenvalue weighted by atomic mass is 16.6. The van der Waals surface area contributed by atoms with Gasteiger partial charge in [-0.25, -0.2) is 9.59 Å². The molecular weight excluding hydrogens is 488 g/mol. The molecule has 0 aromatic heterocycles. The van der Waals surface area contributed by atoms with Crippen molar-refractivity contribution in [1.82, 2.24) is 0 Å². The van der Waals surface area contributed by atoms with E-state index in [1.165, 1.54) is 22.3 Å². The Balaban J connectivity index is 1.20. The molecule has 0 bridgehead atoms. The standard InChI is InChI=1S/C34H30O5/c1-21-7-11-23(12-8-21)33(35)37-20-32-31(39-34(36)24-13-9-22(2)10-14-24)19-30(38-32)26-15-16-29-27(18-26)17-25-5-3-4-6-28(25)29/h3-16,18,30-32H,17,19-20H2,1-2H3/t30-,31-,32+/m0/s1. The molecular formula is C34H30O5. The summed E-state index contributed by atoms with van der Waals surface area (Å²) in [5, 5.41) is 0. The lowest BCUT2D eigenvalue weighted by atomic mass is 9.99. The Labute approximate surface area is 228 Å². The van der Waals surface area contributed by atoms with Gasteiger partial charge in [0.1, 0.15) is 18.8 Å². The molecule has 4 aromatic rings. The third-order valence-corrected chi connectivity index (χ3v) is 7.60. The summed E-state index contributed by atoms with van der Waals surface area (Å²) in [5.74, 6) is -0.843.